The number of hydrogen-bond acceptors (Lipinski definition) is 2. The van der Waals surface area contributed by atoms with Crippen LogP contribution >= 0.6 is 0 Å². The van der Waals surface area contributed by atoms with E-state index in [1.54, 1.807) is 7.11 Å². The third kappa shape index (κ3) is 4.64. The summed E-state index contributed by atoms with van der Waals surface area (Å²) in [7, 11) is 1.66. The Hall–Kier alpha value is -3.20. The van der Waals surface area contributed by atoms with E-state index < -0.39 is 0 Å². The van der Waals surface area contributed by atoms with E-state index in [9.17, 15) is 0 Å². The zero-order valence-electron chi connectivity index (χ0n) is 14.4. The van der Waals surface area contributed by atoms with Crippen molar-refractivity contribution < 1.29 is 4.74 Å². The number of hydrogen-bond donors (Lipinski definition) is 0. The summed E-state index contributed by atoms with van der Waals surface area (Å²) < 4.78 is 5.18. The molecule has 0 atom stereocenters. The fourth-order valence-corrected chi connectivity index (χ4v) is 2.32. The molecule has 0 heterocycles. The molecule has 3 rings (SSSR count). The lowest BCUT2D eigenvalue weighted by molar-refractivity contribution is 0.415. The number of aliphatic imine (C=N–C) groups is 2. The van der Waals surface area contributed by atoms with Crippen LogP contribution in [0.2, 0.25) is 0 Å². The number of amidine groups is 1. The van der Waals surface area contributed by atoms with Crippen LogP contribution in [0.1, 0.15) is 16.7 Å². The molecule has 3 aromatic rings. The number of nitrogens with zero attached hydrogens (tertiary/aromatic N) is 2. The fraction of sp³-hybridized carbons (Fsp3) is 0.0909. The molecule has 0 saturated carbocycles. The average Bonchev–Trinajstić information content (AvgIpc) is 2.68. The molecule has 0 aliphatic heterocycles. The first kappa shape index (κ1) is 16.7. The summed E-state index contributed by atoms with van der Waals surface area (Å²) in [5.74, 6) is 1.51. The number of benzene rings is 3. The summed E-state index contributed by atoms with van der Waals surface area (Å²) in [6, 6.07) is 25.9. The Labute approximate surface area is 148 Å². The van der Waals surface area contributed by atoms with Gasteiger partial charge in [0.25, 0.3) is 0 Å². The van der Waals surface area contributed by atoms with E-state index in [-0.39, 0.29) is 0 Å². The lowest BCUT2D eigenvalue weighted by Crippen LogP contribution is -1.98. The van der Waals surface area contributed by atoms with Crippen LogP contribution in [0.4, 0.5) is 5.69 Å². The summed E-state index contributed by atoms with van der Waals surface area (Å²) in [6.07, 6.45) is 1.82. The Balaban J connectivity index is 1.93. The van der Waals surface area contributed by atoms with E-state index in [1.165, 1.54) is 5.56 Å². The molecule has 0 bridgehead atoms. The molecule has 3 aromatic carbocycles. The summed E-state index contributed by atoms with van der Waals surface area (Å²) in [5.41, 5.74) is 4.07. The highest BCUT2D eigenvalue weighted by Crippen LogP contribution is 2.16. The molecule has 0 unspecified atom stereocenters. The SMILES string of the molecule is COc1ccc(C=NC(=Nc2ccc(C)cc2)c2ccccc2)cc1. The maximum atomic E-state index is 5.18. The molecule has 0 saturated heterocycles. The monoisotopic (exact) mass is 328 g/mol. The van der Waals surface area contributed by atoms with Gasteiger partial charge in [0.05, 0.1) is 12.8 Å². The van der Waals surface area contributed by atoms with E-state index in [2.05, 4.69) is 24.0 Å². The van der Waals surface area contributed by atoms with Gasteiger partial charge in [0, 0.05) is 11.8 Å². The summed E-state index contributed by atoms with van der Waals surface area (Å²) in [6.45, 7) is 2.06. The minimum atomic E-state index is 0.681. The van der Waals surface area contributed by atoms with Crippen LogP contribution in [0.15, 0.2) is 88.8 Å². The average molecular weight is 328 g/mol. The molecule has 0 amide bonds. The first-order chi connectivity index (χ1) is 12.2. The predicted octanol–water partition coefficient (Wildman–Crippen LogP) is 5.20. The molecule has 0 aliphatic carbocycles. The van der Waals surface area contributed by atoms with Gasteiger partial charge in [0.15, 0.2) is 5.84 Å². The molecule has 0 fully saturated rings. The molecular formula is C22H20N2O. The van der Waals surface area contributed by atoms with Crippen LogP contribution < -0.4 is 4.74 Å². The molecule has 0 radical (unpaired) electrons. The van der Waals surface area contributed by atoms with Crippen LogP contribution in [0.3, 0.4) is 0 Å². The van der Waals surface area contributed by atoms with Crippen molar-refractivity contribution in [1.82, 2.24) is 0 Å². The lowest BCUT2D eigenvalue weighted by Gasteiger charge is -2.03. The standard InChI is InChI=1S/C22H20N2O/c1-17-8-12-20(13-9-17)24-22(19-6-4-3-5-7-19)23-16-18-10-14-21(25-2)15-11-18/h3-16H,1-2H3. The molecule has 0 aliphatic rings. The first-order valence-electron chi connectivity index (χ1n) is 8.13. The van der Waals surface area contributed by atoms with Crippen molar-refractivity contribution >= 4 is 17.7 Å². The van der Waals surface area contributed by atoms with Gasteiger partial charge in [-0.2, -0.15) is 0 Å². The fourth-order valence-electron chi connectivity index (χ4n) is 2.32. The quantitative estimate of drug-likeness (QED) is 0.478. The van der Waals surface area contributed by atoms with Crippen LogP contribution in [0.5, 0.6) is 5.75 Å². The van der Waals surface area contributed by atoms with Gasteiger partial charge in [0.1, 0.15) is 5.75 Å². The molecule has 3 nitrogen and oxygen atoms in total. The molecule has 0 aromatic heterocycles. The van der Waals surface area contributed by atoms with E-state index in [1.807, 2.05) is 72.9 Å². The van der Waals surface area contributed by atoms with Gasteiger partial charge in [-0.05, 0) is 48.9 Å². The van der Waals surface area contributed by atoms with Gasteiger partial charge in [-0.15, -0.1) is 0 Å². The van der Waals surface area contributed by atoms with E-state index in [4.69, 9.17) is 9.73 Å². The Morgan fingerprint density at radius 1 is 0.840 bits per heavy atom. The van der Waals surface area contributed by atoms with Crippen molar-refractivity contribution in [3.8, 4) is 5.75 Å². The number of aryl methyl sites for hydroxylation is 1. The summed E-state index contributed by atoms with van der Waals surface area (Å²) in [4.78, 5) is 9.33. The number of ether oxygens (including phenoxy) is 1. The molecule has 3 heteroatoms. The van der Waals surface area contributed by atoms with Crippen LogP contribution in [0.25, 0.3) is 0 Å². The second kappa shape index (κ2) is 8.06. The molecule has 25 heavy (non-hydrogen) atoms. The van der Waals surface area contributed by atoms with Gasteiger partial charge < -0.3 is 4.74 Å². The van der Waals surface area contributed by atoms with E-state index in [0.717, 1.165) is 22.6 Å². The number of rotatable bonds is 4. The minimum absolute atomic E-state index is 0.681. The van der Waals surface area contributed by atoms with Crippen LogP contribution in [0, 0.1) is 6.92 Å². The number of methoxy groups -OCH3 is 1. The highest BCUT2D eigenvalue weighted by atomic mass is 16.5. The van der Waals surface area contributed by atoms with E-state index in [0.29, 0.717) is 5.84 Å². The van der Waals surface area contributed by atoms with Gasteiger partial charge in [-0.3, -0.25) is 0 Å². The molecular weight excluding hydrogens is 308 g/mol. The summed E-state index contributed by atoms with van der Waals surface area (Å²) in [5, 5.41) is 0. The second-order valence-corrected chi connectivity index (χ2v) is 5.67. The maximum absolute atomic E-state index is 5.18. The maximum Gasteiger partial charge on any atom is 0.159 e. The normalized spacial score (nSPS) is 11.7. The largest absolute Gasteiger partial charge is 0.497 e. The minimum Gasteiger partial charge on any atom is -0.497 e. The van der Waals surface area contributed by atoms with Crippen LogP contribution in [-0.2, 0) is 0 Å². The molecule has 124 valence electrons. The Morgan fingerprint density at radius 2 is 1.52 bits per heavy atom. The van der Waals surface area contributed by atoms with Crippen molar-refractivity contribution in [3.63, 3.8) is 0 Å². The summed E-state index contributed by atoms with van der Waals surface area (Å²) >= 11 is 0. The zero-order chi connectivity index (χ0) is 17.5. The Morgan fingerprint density at radius 3 is 2.16 bits per heavy atom. The molecule has 0 N–H and O–H groups in total. The van der Waals surface area contributed by atoms with Gasteiger partial charge in [-0.1, -0.05) is 48.0 Å². The highest BCUT2D eigenvalue weighted by Gasteiger charge is 2.02. The van der Waals surface area contributed by atoms with Crippen molar-refractivity contribution in [1.29, 1.82) is 0 Å². The lowest BCUT2D eigenvalue weighted by atomic mass is 10.2. The second-order valence-electron chi connectivity index (χ2n) is 5.67. The van der Waals surface area contributed by atoms with Crippen LogP contribution in [-0.4, -0.2) is 19.2 Å². The van der Waals surface area contributed by atoms with E-state index >= 15 is 0 Å². The first-order valence-corrected chi connectivity index (χ1v) is 8.13. The Kier molecular flexibility index (Phi) is 5.37. The predicted molar refractivity (Wildman–Crippen MR) is 104 cm³/mol. The topological polar surface area (TPSA) is 34.0 Å². The van der Waals surface area contributed by atoms with Crippen molar-refractivity contribution in [2.45, 2.75) is 6.92 Å². The third-order valence-electron chi connectivity index (χ3n) is 3.75. The molecule has 0 spiro atoms. The van der Waals surface area contributed by atoms with Gasteiger partial charge in [0.2, 0.25) is 0 Å². The smallest absolute Gasteiger partial charge is 0.159 e. The van der Waals surface area contributed by atoms with Gasteiger partial charge >= 0.3 is 0 Å². The highest BCUT2D eigenvalue weighted by molar-refractivity contribution is 6.06. The third-order valence-corrected chi connectivity index (χ3v) is 3.75. The zero-order valence-corrected chi connectivity index (χ0v) is 14.4. The van der Waals surface area contributed by atoms with Crippen molar-refractivity contribution in [2.75, 3.05) is 7.11 Å². The van der Waals surface area contributed by atoms with Crippen molar-refractivity contribution in [3.05, 3.63) is 95.6 Å². The van der Waals surface area contributed by atoms with Gasteiger partial charge in [-0.25, -0.2) is 9.98 Å². The van der Waals surface area contributed by atoms with Crippen molar-refractivity contribution in [2.24, 2.45) is 9.98 Å². The Bertz CT molecular complexity index is 864.